The molecule has 0 amide bonds. The van der Waals surface area contributed by atoms with E-state index in [2.05, 4.69) is 4.74 Å². The largest absolute Gasteiger partial charge is 0.494 e. The normalized spacial score (nSPS) is 14.2. The number of hydrogen-bond acceptors (Lipinski definition) is 10. The molecule has 2 aromatic carbocycles. The van der Waals surface area contributed by atoms with Crippen molar-refractivity contribution in [1.29, 1.82) is 5.26 Å². The van der Waals surface area contributed by atoms with Gasteiger partial charge in [0.05, 0.1) is 61.2 Å². The molecule has 0 heterocycles. The van der Waals surface area contributed by atoms with Gasteiger partial charge in [0.15, 0.2) is 0 Å². The van der Waals surface area contributed by atoms with Crippen molar-refractivity contribution in [1.82, 2.24) is 0 Å². The molecule has 0 aliphatic carbocycles. The molecule has 0 saturated carbocycles. The van der Waals surface area contributed by atoms with Crippen molar-refractivity contribution in [2.75, 3.05) is 19.8 Å². The Labute approximate surface area is 345 Å². The molecule has 10 nitrogen and oxygen atoms in total. The summed E-state index contributed by atoms with van der Waals surface area (Å²) in [5, 5.41) is 8.87. The maximum Gasteiger partial charge on any atom is 0.460 e. The van der Waals surface area contributed by atoms with Crippen LogP contribution < -0.4 is 9.47 Å². The van der Waals surface area contributed by atoms with Crippen molar-refractivity contribution >= 4 is 23.9 Å². The summed E-state index contributed by atoms with van der Waals surface area (Å²) < 4.78 is 200. The smallest absolute Gasteiger partial charge is 0.460 e. The van der Waals surface area contributed by atoms with Gasteiger partial charge in [0.2, 0.25) is 0 Å². The molecule has 0 fully saturated rings. The average Bonchev–Trinajstić information content (AvgIpc) is 3.20. The SMILES string of the molecule is C[CH]OC(=O)C(C)CC(CC(CC)C(=O)OCCC(F)(F)C(F)(F)C(F)(F)C(F)(F)C(F)(F)C(F)(F)F)C(=O)OCCCCOc1ccc(C(=O)Oc2ccc(C#N)cc2)cc1. The topological polar surface area (TPSA) is 138 Å². The van der Waals surface area contributed by atoms with E-state index in [1.165, 1.54) is 69.3 Å². The third kappa shape index (κ3) is 12.9. The quantitative estimate of drug-likeness (QED) is 0.0329. The van der Waals surface area contributed by atoms with E-state index in [1.54, 1.807) is 0 Å². The molecule has 2 rings (SSSR count). The van der Waals surface area contributed by atoms with E-state index < -0.39 is 96.9 Å². The van der Waals surface area contributed by atoms with Gasteiger partial charge in [0.1, 0.15) is 18.1 Å². The van der Waals surface area contributed by atoms with Gasteiger partial charge < -0.3 is 23.7 Å². The van der Waals surface area contributed by atoms with Gasteiger partial charge in [0.25, 0.3) is 0 Å². The summed E-state index contributed by atoms with van der Waals surface area (Å²) in [7, 11) is 0. The summed E-state index contributed by atoms with van der Waals surface area (Å²) in [4.78, 5) is 50.5. The van der Waals surface area contributed by atoms with E-state index in [1.807, 2.05) is 6.07 Å². The minimum Gasteiger partial charge on any atom is -0.494 e. The van der Waals surface area contributed by atoms with Gasteiger partial charge in [-0.05, 0) is 87.6 Å². The molecule has 0 N–H and O–H groups in total. The summed E-state index contributed by atoms with van der Waals surface area (Å²) in [6, 6.07) is 13.6. The highest BCUT2D eigenvalue weighted by molar-refractivity contribution is 5.91. The van der Waals surface area contributed by atoms with Crippen LogP contribution in [-0.2, 0) is 28.6 Å². The predicted molar refractivity (Wildman–Crippen MR) is 186 cm³/mol. The maximum absolute atomic E-state index is 14.2. The Morgan fingerprint density at radius 3 is 1.71 bits per heavy atom. The van der Waals surface area contributed by atoms with Crippen molar-refractivity contribution in [2.45, 2.75) is 95.1 Å². The number of rotatable bonds is 24. The zero-order chi connectivity index (χ0) is 47.3. The van der Waals surface area contributed by atoms with Crippen LogP contribution in [-0.4, -0.2) is 79.5 Å². The molecular formula is C39H39F13NO9. The Kier molecular flexibility index (Phi) is 18.5. The number of esters is 4. The molecule has 0 saturated heterocycles. The maximum atomic E-state index is 14.2. The summed E-state index contributed by atoms with van der Waals surface area (Å²) in [6.45, 7) is 2.92. The lowest BCUT2D eigenvalue weighted by Gasteiger charge is -2.39. The van der Waals surface area contributed by atoms with Crippen LogP contribution in [0.5, 0.6) is 11.5 Å². The van der Waals surface area contributed by atoms with Gasteiger partial charge in [-0.15, -0.1) is 0 Å². The Balaban J connectivity index is 2.00. The molecule has 0 bridgehead atoms. The second-order valence-corrected chi connectivity index (χ2v) is 13.5. The first-order chi connectivity index (χ1) is 28.6. The van der Waals surface area contributed by atoms with E-state index in [9.17, 15) is 76.3 Å². The van der Waals surface area contributed by atoms with E-state index in [-0.39, 0.29) is 43.8 Å². The first-order valence-electron chi connectivity index (χ1n) is 18.3. The summed E-state index contributed by atoms with van der Waals surface area (Å²) >= 11 is 0. The molecule has 1 radical (unpaired) electrons. The summed E-state index contributed by atoms with van der Waals surface area (Å²) in [5.74, 6) is -45.2. The highest BCUT2D eigenvalue weighted by Crippen LogP contribution is 2.60. The molecule has 2 aromatic rings. The lowest BCUT2D eigenvalue weighted by atomic mass is 9.86. The first-order valence-corrected chi connectivity index (χ1v) is 18.3. The van der Waals surface area contributed by atoms with Gasteiger partial charge in [-0.2, -0.15) is 62.3 Å². The minimum absolute atomic E-state index is 0.0985. The Bertz CT molecular complexity index is 1850. The van der Waals surface area contributed by atoms with Gasteiger partial charge in [-0.3, -0.25) is 14.4 Å². The molecule has 3 unspecified atom stereocenters. The number of hydrogen-bond donors (Lipinski definition) is 0. The fourth-order valence-corrected chi connectivity index (χ4v) is 5.31. The number of alkyl halides is 13. The van der Waals surface area contributed by atoms with Gasteiger partial charge in [-0.1, -0.05) is 13.8 Å². The van der Waals surface area contributed by atoms with Crippen LogP contribution in [0.15, 0.2) is 48.5 Å². The monoisotopic (exact) mass is 912 g/mol. The van der Waals surface area contributed by atoms with Crippen LogP contribution in [0.1, 0.15) is 75.2 Å². The average molecular weight is 913 g/mol. The van der Waals surface area contributed by atoms with Gasteiger partial charge >= 0.3 is 59.7 Å². The van der Waals surface area contributed by atoms with Crippen LogP contribution in [0.25, 0.3) is 0 Å². The second kappa shape index (κ2) is 21.7. The number of ether oxygens (including phenoxy) is 5. The Morgan fingerprint density at radius 2 is 1.18 bits per heavy atom. The minimum atomic E-state index is -8.07. The second-order valence-electron chi connectivity index (χ2n) is 13.5. The number of carbonyl (C=O) groups excluding carboxylic acids is 4. The Hall–Kier alpha value is -5.30. The lowest BCUT2D eigenvalue weighted by molar-refractivity contribution is -0.440. The molecule has 62 heavy (non-hydrogen) atoms. The molecule has 0 aromatic heterocycles. The number of carbonyl (C=O) groups is 4. The van der Waals surface area contributed by atoms with Gasteiger partial charge in [0, 0.05) is 0 Å². The third-order valence-corrected chi connectivity index (χ3v) is 9.00. The predicted octanol–water partition coefficient (Wildman–Crippen LogP) is 9.94. The summed E-state index contributed by atoms with van der Waals surface area (Å²) in [6.07, 6.45) is -11.0. The molecule has 3 atom stereocenters. The number of unbranched alkanes of at least 4 members (excludes halogenated alkanes) is 1. The molecule has 23 heteroatoms. The number of nitrogens with zero attached hydrogens (tertiary/aromatic N) is 1. The van der Waals surface area contributed by atoms with Gasteiger partial charge in [-0.25, -0.2) is 4.79 Å². The van der Waals surface area contributed by atoms with Crippen LogP contribution in [0.2, 0.25) is 0 Å². The van der Waals surface area contributed by atoms with Crippen molar-refractivity contribution in [3.63, 3.8) is 0 Å². The van der Waals surface area contributed by atoms with Crippen molar-refractivity contribution in [2.24, 2.45) is 17.8 Å². The van der Waals surface area contributed by atoms with E-state index in [0.29, 0.717) is 17.7 Å². The Morgan fingerprint density at radius 1 is 0.661 bits per heavy atom. The standard InChI is InChI=1S/C39H39F13NO9/c1-4-25(31(55)61-19-16-34(40,41)35(42,43)36(44,45)37(46,47)38(48,49)39(50,51)52)21-27(20-23(3)30(54)58-5-2)32(56)60-18-7-6-17-59-28-14-10-26(11-15-28)33(57)62-29-12-8-24(22-53)9-13-29/h5,8-15,23,25,27H,4,6-7,16-21H2,1-3H3. The molecule has 0 spiro atoms. The molecule has 345 valence electrons. The van der Waals surface area contributed by atoms with Crippen molar-refractivity contribution < 1.29 is 99.9 Å². The van der Waals surface area contributed by atoms with E-state index in [4.69, 9.17) is 24.2 Å². The fraction of sp³-hybridized carbons (Fsp3) is 0.538. The molecule has 0 aliphatic heterocycles. The number of halogens is 13. The van der Waals surface area contributed by atoms with E-state index in [0.717, 1.165) is 6.61 Å². The number of benzene rings is 2. The lowest BCUT2D eigenvalue weighted by Crippen LogP contribution is -2.70. The van der Waals surface area contributed by atoms with Crippen LogP contribution in [0, 0.1) is 35.7 Å². The first kappa shape index (κ1) is 52.8. The fourth-order valence-electron chi connectivity index (χ4n) is 5.31. The third-order valence-electron chi connectivity index (χ3n) is 9.00. The van der Waals surface area contributed by atoms with Crippen LogP contribution >= 0.6 is 0 Å². The van der Waals surface area contributed by atoms with E-state index >= 15 is 0 Å². The number of nitriles is 1. The van der Waals surface area contributed by atoms with Crippen molar-refractivity contribution in [3.8, 4) is 17.6 Å². The zero-order valence-corrected chi connectivity index (χ0v) is 32.8. The van der Waals surface area contributed by atoms with Crippen LogP contribution in [0.4, 0.5) is 57.1 Å². The zero-order valence-electron chi connectivity index (χ0n) is 32.8. The van der Waals surface area contributed by atoms with Crippen LogP contribution in [0.3, 0.4) is 0 Å². The molecular weight excluding hydrogens is 873 g/mol. The highest BCUT2D eigenvalue weighted by Gasteiger charge is 2.90. The van der Waals surface area contributed by atoms with Crippen molar-refractivity contribution in [3.05, 3.63) is 66.3 Å². The highest BCUT2D eigenvalue weighted by atomic mass is 19.4. The summed E-state index contributed by atoms with van der Waals surface area (Å²) in [5.41, 5.74) is 0.568. The molecule has 0 aliphatic rings.